The van der Waals surface area contributed by atoms with Gasteiger partial charge in [0.15, 0.2) is 0 Å². The molecule has 0 aromatic heterocycles. The fourth-order valence-electron chi connectivity index (χ4n) is 4.88. The standard InChI is InChI=1S/C32H52O13.CH3.Mn/c1-24-25(2)30-27(26(3)29(24)44-23-28(33)36-6)7-8-32(4,45-30)31(34)43-22-21-42-20-19-41-18-17-40-16-15-39-14-13-38-12-11-37-10-9-35-5;;/h6,26,29H,7-23H2,1-5H3;1H3;/q;-1;. The molecule has 0 amide bonds. The van der Waals surface area contributed by atoms with Gasteiger partial charge in [-0.15, -0.1) is 0 Å². The Bertz CT molecular complexity index is 986. The van der Waals surface area contributed by atoms with Crippen LogP contribution in [0, 0.1) is 13.3 Å². The van der Waals surface area contributed by atoms with E-state index in [9.17, 15) is 9.59 Å². The summed E-state index contributed by atoms with van der Waals surface area (Å²) in [6, 6.07) is 0. The van der Waals surface area contributed by atoms with Gasteiger partial charge in [-0.3, -0.25) is 0 Å². The summed E-state index contributed by atoms with van der Waals surface area (Å²) in [4.78, 5) is 24.7. The minimum atomic E-state index is -1.11. The van der Waals surface area contributed by atoms with Gasteiger partial charge in [-0.2, -0.15) is 0 Å². The van der Waals surface area contributed by atoms with E-state index in [1.807, 2.05) is 20.8 Å². The van der Waals surface area contributed by atoms with Gasteiger partial charge in [0.1, 0.15) is 6.61 Å². The maximum absolute atomic E-state index is 13.0. The van der Waals surface area contributed by atoms with Crippen molar-refractivity contribution in [3.05, 3.63) is 29.9 Å². The van der Waals surface area contributed by atoms with Crippen molar-refractivity contribution in [2.75, 3.05) is 106 Å². The van der Waals surface area contributed by atoms with E-state index in [1.54, 1.807) is 14.0 Å². The Morgan fingerprint density at radius 2 is 1.30 bits per heavy atom. The van der Waals surface area contributed by atoms with Crippen LogP contribution in [0.4, 0.5) is 0 Å². The molecular weight excluding hydrogens is 659 g/mol. The molecule has 2 rings (SSSR count). The van der Waals surface area contributed by atoms with Gasteiger partial charge < -0.3 is 45.3 Å². The first kappa shape index (κ1) is 43.3. The Balaban J connectivity index is 0.0000110. The van der Waals surface area contributed by atoms with Crippen LogP contribution in [0.5, 0.6) is 0 Å². The van der Waals surface area contributed by atoms with E-state index in [0.717, 1.165) is 21.8 Å². The first-order valence-corrected chi connectivity index (χ1v) is 16.4. The molecule has 273 valence electrons. The topological polar surface area (TPSA) is 136 Å². The van der Waals surface area contributed by atoms with E-state index in [1.165, 1.54) is 0 Å². The Labute approximate surface area is 288 Å². The van der Waals surface area contributed by atoms with Crippen molar-refractivity contribution in [1.29, 1.82) is 0 Å². The average molecular weight is 715 g/mol. The van der Waals surface area contributed by atoms with Crippen molar-refractivity contribution in [3.8, 4) is 0 Å². The van der Waals surface area contributed by atoms with Gasteiger partial charge in [-0.05, 0) is 0 Å². The monoisotopic (exact) mass is 714 g/mol. The molecule has 14 heteroatoms. The van der Waals surface area contributed by atoms with Crippen LogP contribution >= 0.6 is 0 Å². The molecule has 0 aromatic carbocycles. The van der Waals surface area contributed by atoms with E-state index in [4.69, 9.17) is 52.1 Å². The fourth-order valence-corrected chi connectivity index (χ4v) is 5.03. The van der Waals surface area contributed by atoms with Gasteiger partial charge in [0.05, 0.1) is 85.9 Å². The number of allylic oxidation sites excluding steroid dienone is 1. The number of carbonyl (C=O) groups excluding carboxylic acids is 2. The third-order valence-corrected chi connectivity index (χ3v) is 7.73. The molecule has 0 bridgehead atoms. The summed E-state index contributed by atoms with van der Waals surface area (Å²) in [5, 5.41) is 1.15. The van der Waals surface area contributed by atoms with Crippen molar-refractivity contribution in [2.24, 2.45) is 5.92 Å². The second kappa shape index (κ2) is 25.3. The first-order valence-electron chi connectivity index (χ1n) is 15.7. The fraction of sp³-hybridized carbons (Fsp3) is 0.758. The zero-order chi connectivity index (χ0) is 33.6. The van der Waals surface area contributed by atoms with Crippen LogP contribution in [-0.2, 0) is 77.3 Å². The van der Waals surface area contributed by atoms with E-state index in [-0.39, 0.29) is 39.3 Å². The third-order valence-electron chi connectivity index (χ3n) is 7.59. The molecule has 0 spiro atoms. The van der Waals surface area contributed by atoms with Crippen LogP contribution in [0.25, 0.3) is 0 Å². The molecule has 0 saturated carbocycles. The molecule has 13 nitrogen and oxygen atoms in total. The average Bonchev–Trinajstić information content (AvgIpc) is 3.04. The van der Waals surface area contributed by atoms with E-state index in [2.05, 4.69) is 15.6 Å². The Hall–Kier alpha value is -1.71. The summed E-state index contributed by atoms with van der Waals surface area (Å²) in [5.74, 6) is -0.229. The molecule has 2 aliphatic rings. The first-order chi connectivity index (χ1) is 22.2. The predicted octanol–water partition coefficient (Wildman–Crippen LogP) is 2.77. The summed E-state index contributed by atoms with van der Waals surface area (Å²) < 4.78 is 60.0. The van der Waals surface area contributed by atoms with Crippen molar-refractivity contribution in [3.63, 3.8) is 0 Å². The Morgan fingerprint density at radius 1 is 0.830 bits per heavy atom. The third kappa shape index (κ3) is 16.0. The number of esters is 2. The molecule has 1 aliphatic heterocycles. The maximum atomic E-state index is 13.0. The zero-order valence-corrected chi connectivity index (χ0v) is 30.1. The number of hydrogen-bond acceptors (Lipinski definition) is 13. The SMILES string of the molecule is COCCOCCOCCOCCOCCOCCOCCOC(=O)C1(C)CCC2=C(O1)C(C)=C(C)C(OCC(=O)O[CH]=[Mn])C2C.[CH3-]. The van der Waals surface area contributed by atoms with Gasteiger partial charge in [0.2, 0.25) is 0 Å². The number of hydrogen-bond donors (Lipinski definition) is 0. The van der Waals surface area contributed by atoms with Gasteiger partial charge in [0.25, 0.3) is 0 Å². The Kier molecular flexibility index (Phi) is 23.3. The van der Waals surface area contributed by atoms with Crippen LogP contribution in [0.3, 0.4) is 0 Å². The molecule has 0 radical (unpaired) electrons. The zero-order valence-electron chi connectivity index (χ0n) is 28.9. The van der Waals surface area contributed by atoms with Gasteiger partial charge in [-0.25, -0.2) is 4.79 Å². The molecule has 1 aliphatic carbocycles. The largest absolute Gasteiger partial charge is 0.358 e. The van der Waals surface area contributed by atoms with Gasteiger partial charge >= 0.3 is 139 Å². The second-order valence-corrected chi connectivity index (χ2v) is 11.2. The minimum absolute atomic E-state index is 0. The van der Waals surface area contributed by atoms with Gasteiger partial charge in [-0.1, -0.05) is 0 Å². The van der Waals surface area contributed by atoms with Crippen LogP contribution in [0.15, 0.2) is 22.5 Å². The molecule has 3 unspecified atom stereocenters. The van der Waals surface area contributed by atoms with Crippen molar-refractivity contribution < 1.29 is 77.3 Å². The van der Waals surface area contributed by atoms with Crippen LogP contribution in [0.2, 0.25) is 0 Å². The molecule has 1 heterocycles. The molecular formula is C33H55MnO13-. The molecule has 0 aromatic rings. The van der Waals surface area contributed by atoms with Crippen LogP contribution in [-0.4, -0.2) is 135 Å². The normalized spacial score (nSPS) is 20.7. The number of carbonyl (C=O) groups is 2. The van der Waals surface area contributed by atoms with Gasteiger partial charge in [0, 0.05) is 7.11 Å². The molecule has 0 N–H and O–H groups in total. The smallest absolute Gasteiger partial charge is 0.358 e. The van der Waals surface area contributed by atoms with Crippen molar-refractivity contribution in [1.82, 2.24) is 0 Å². The summed E-state index contributed by atoms with van der Waals surface area (Å²) in [6.07, 6.45) is 0.838. The number of ether oxygens (including phenoxy) is 11. The van der Waals surface area contributed by atoms with E-state index in [0.29, 0.717) is 97.9 Å². The molecule has 3 atom stereocenters. The summed E-state index contributed by atoms with van der Waals surface area (Å²) >= 11 is 2.95. The number of methoxy groups -OCH3 is 1. The van der Waals surface area contributed by atoms with Crippen LogP contribution in [0.1, 0.15) is 40.5 Å². The predicted molar refractivity (Wildman–Crippen MR) is 169 cm³/mol. The maximum Gasteiger partial charge on any atom is -0.358 e. The van der Waals surface area contributed by atoms with E-state index >= 15 is 0 Å². The van der Waals surface area contributed by atoms with Crippen molar-refractivity contribution >= 4 is 17.0 Å². The quantitative estimate of drug-likeness (QED) is 0.0563. The molecule has 47 heavy (non-hydrogen) atoms. The Morgan fingerprint density at radius 3 is 1.77 bits per heavy atom. The van der Waals surface area contributed by atoms with Crippen molar-refractivity contribution in [2.45, 2.75) is 52.2 Å². The van der Waals surface area contributed by atoms with E-state index < -0.39 is 17.5 Å². The minimum Gasteiger partial charge on any atom is -0.358 e. The molecule has 0 fully saturated rings. The van der Waals surface area contributed by atoms with Crippen LogP contribution < -0.4 is 0 Å². The number of rotatable bonds is 26. The molecule has 0 saturated heterocycles. The summed E-state index contributed by atoms with van der Waals surface area (Å²) in [5.41, 5.74) is 1.81. The summed E-state index contributed by atoms with van der Waals surface area (Å²) in [7, 11) is 1.64. The second-order valence-electron chi connectivity index (χ2n) is 10.9. The summed E-state index contributed by atoms with van der Waals surface area (Å²) in [6.45, 7) is 13.7.